The highest BCUT2D eigenvalue weighted by molar-refractivity contribution is 7.20. The van der Waals surface area contributed by atoms with Crippen LogP contribution in [0.25, 0.3) is 10.2 Å². The topological polar surface area (TPSA) is 70.1 Å². The first kappa shape index (κ1) is 18.1. The lowest BCUT2D eigenvalue weighted by Crippen LogP contribution is -2.32. The lowest BCUT2D eigenvalue weighted by atomic mass is 10.2. The van der Waals surface area contributed by atoms with Gasteiger partial charge in [-0.2, -0.15) is 0 Å². The number of aromatic nitrogens is 2. The van der Waals surface area contributed by atoms with Crippen molar-refractivity contribution in [2.45, 2.75) is 45.1 Å². The Morgan fingerprint density at radius 2 is 2.08 bits per heavy atom. The lowest BCUT2D eigenvalue weighted by molar-refractivity contribution is 0.0941. The fourth-order valence-electron chi connectivity index (χ4n) is 3.35. The van der Waals surface area contributed by atoms with Gasteiger partial charge in [0.2, 0.25) is 0 Å². The van der Waals surface area contributed by atoms with Crippen LogP contribution in [0.15, 0.2) is 6.33 Å². The van der Waals surface area contributed by atoms with Crippen LogP contribution in [0.4, 0.5) is 5.82 Å². The zero-order valence-electron chi connectivity index (χ0n) is 15.3. The average Bonchev–Trinajstić information content (AvgIpc) is 3.20. The Bertz CT molecular complexity index is 736. The van der Waals surface area contributed by atoms with Crippen LogP contribution in [-0.4, -0.2) is 54.0 Å². The van der Waals surface area contributed by atoms with Crippen molar-refractivity contribution in [3.63, 3.8) is 0 Å². The second kappa shape index (κ2) is 8.10. The molecule has 0 radical (unpaired) electrons. The summed E-state index contributed by atoms with van der Waals surface area (Å²) in [6, 6.07) is 0.326. The van der Waals surface area contributed by atoms with Crippen LogP contribution in [0.5, 0.6) is 0 Å². The normalized spacial score (nSPS) is 15.2. The number of carbonyl (C=O) groups excluding carboxylic acids is 1. The first-order chi connectivity index (χ1) is 12.1. The number of nitrogens with one attached hydrogen (secondary N) is 2. The van der Waals surface area contributed by atoms with Crippen LogP contribution in [-0.2, 0) is 0 Å². The number of carbonyl (C=O) groups is 1. The Balaban J connectivity index is 1.76. The molecule has 2 aromatic rings. The Morgan fingerprint density at radius 1 is 1.32 bits per heavy atom. The number of nitrogens with zero attached hydrogens (tertiary/aromatic N) is 3. The number of hydrogen-bond acceptors (Lipinski definition) is 6. The van der Waals surface area contributed by atoms with E-state index < -0.39 is 0 Å². The molecule has 1 aliphatic rings. The quantitative estimate of drug-likeness (QED) is 0.742. The molecular weight excluding hydrogens is 334 g/mol. The van der Waals surface area contributed by atoms with Crippen molar-refractivity contribution < 1.29 is 4.79 Å². The molecule has 3 rings (SSSR count). The summed E-state index contributed by atoms with van der Waals surface area (Å²) < 4.78 is 0. The number of hydrogen-bond donors (Lipinski definition) is 2. The summed E-state index contributed by atoms with van der Waals surface area (Å²) in [6.45, 7) is 3.87. The molecule has 0 bridgehead atoms. The first-order valence-electron chi connectivity index (χ1n) is 9.00. The van der Waals surface area contributed by atoms with Crippen LogP contribution < -0.4 is 10.6 Å². The Hall–Kier alpha value is -1.73. The van der Waals surface area contributed by atoms with Crippen molar-refractivity contribution in [1.29, 1.82) is 0 Å². The zero-order chi connectivity index (χ0) is 17.8. The maximum atomic E-state index is 12.7. The molecule has 1 fully saturated rings. The minimum atomic E-state index is 0.0333. The third-order valence-electron chi connectivity index (χ3n) is 4.70. The van der Waals surface area contributed by atoms with E-state index in [4.69, 9.17) is 0 Å². The highest BCUT2D eigenvalue weighted by atomic mass is 32.1. The van der Waals surface area contributed by atoms with Crippen molar-refractivity contribution in [3.05, 3.63) is 16.8 Å². The highest BCUT2D eigenvalue weighted by Crippen LogP contribution is 2.33. The molecule has 1 saturated carbocycles. The maximum absolute atomic E-state index is 12.7. The number of anilines is 1. The standard InChI is InChI=1S/C18H27N5OS/c1-12-14-16(19-9-6-10-23(2)3)20-11-21-18(14)25-15(12)17(24)22-13-7-4-5-8-13/h11,13H,4-10H2,1-3H3,(H,22,24)(H,19,20,21). The molecule has 0 aliphatic heterocycles. The van der Waals surface area contributed by atoms with Gasteiger partial charge in [-0.05, 0) is 52.4 Å². The summed E-state index contributed by atoms with van der Waals surface area (Å²) in [6.07, 6.45) is 7.22. The second-order valence-corrected chi connectivity index (χ2v) is 8.00. The van der Waals surface area contributed by atoms with Crippen molar-refractivity contribution in [2.75, 3.05) is 32.5 Å². The number of fused-ring (bicyclic) bond motifs is 1. The molecule has 0 atom stereocenters. The monoisotopic (exact) mass is 361 g/mol. The molecule has 2 heterocycles. The van der Waals surface area contributed by atoms with E-state index >= 15 is 0 Å². The summed E-state index contributed by atoms with van der Waals surface area (Å²) in [5.41, 5.74) is 0.978. The molecule has 6 nitrogen and oxygen atoms in total. The number of rotatable bonds is 7. The third-order valence-corrected chi connectivity index (χ3v) is 5.90. The van der Waals surface area contributed by atoms with Crippen molar-refractivity contribution in [1.82, 2.24) is 20.2 Å². The lowest BCUT2D eigenvalue weighted by Gasteiger charge is -2.12. The molecular formula is C18H27N5OS. The maximum Gasteiger partial charge on any atom is 0.261 e. The number of thiophene rings is 1. The second-order valence-electron chi connectivity index (χ2n) is 7.00. The largest absolute Gasteiger partial charge is 0.369 e. The number of amides is 1. The van der Waals surface area contributed by atoms with Crippen molar-refractivity contribution in [2.24, 2.45) is 0 Å². The smallest absolute Gasteiger partial charge is 0.261 e. The van der Waals surface area contributed by atoms with Gasteiger partial charge in [0.05, 0.1) is 10.3 Å². The van der Waals surface area contributed by atoms with E-state index in [1.807, 2.05) is 6.92 Å². The molecule has 0 saturated heterocycles. The predicted octanol–water partition coefficient (Wildman–Crippen LogP) is 3.04. The Labute approximate surface area is 153 Å². The molecule has 136 valence electrons. The van der Waals surface area contributed by atoms with Gasteiger partial charge in [0.25, 0.3) is 5.91 Å². The molecule has 2 N–H and O–H groups in total. The van der Waals surface area contributed by atoms with Gasteiger partial charge in [-0.1, -0.05) is 12.8 Å². The van der Waals surface area contributed by atoms with Crippen LogP contribution in [0, 0.1) is 6.92 Å². The van der Waals surface area contributed by atoms with Crippen LogP contribution in [0.3, 0.4) is 0 Å². The summed E-state index contributed by atoms with van der Waals surface area (Å²) >= 11 is 1.46. The SMILES string of the molecule is Cc1c(C(=O)NC2CCCC2)sc2ncnc(NCCCN(C)C)c12. The van der Waals surface area contributed by atoms with Gasteiger partial charge >= 0.3 is 0 Å². The van der Waals surface area contributed by atoms with Crippen LogP contribution in [0.1, 0.15) is 47.3 Å². The summed E-state index contributed by atoms with van der Waals surface area (Å²) in [5, 5.41) is 7.57. The van der Waals surface area contributed by atoms with E-state index in [0.717, 1.165) is 58.8 Å². The minimum absolute atomic E-state index is 0.0333. The predicted molar refractivity (Wildman–Crippen MR) is 104 cm³/mol. The van der Waals surface area contributed by atoms with Gasteiger partial charge in [-0.3, -0.25) is 4.79 Å². The summed E-state index contributed by atoms with van der Waals surface area (Å²) in [4.78, 5) is 25.2. The molecule has 2 aromatic heterocycles. The van der Waals surface area contributed by atoms with E-state index in [2.05, 4.69) is 39.6 Å². The summed E-state index contributed by atoms with van der Waals surface area (Å²) in [7, 11) is 4.14. The van der Waals surface area contributed by atoms with Crippen molar-refractivity contribution in [3.8, 4) is 0 Å². The van der Waals surface area contributed by atoms with E-state index in [1.54, 1.807) is 6.33 Å². The molecule has 0 aromatic carbocycles. The van der Waals surface area contributed by atoms with E-state index in [-0.39, 0.29) is 5.91 Å². The molecule has 1 aliphatic carbocycles. The summed E-state index contributed by atoms with van der Waals surface area (Å²) in [5.74, 6) is 0.864. The molecule has 1 amide bonds. The van der Waals surface area contributed by atoms with E-state index in [1.165, 1.54) is 24.2 Å². The van der Waals surface area contributed by atoms with Crippen LogP contribution >= 0.6 is 11.3 Å². The molecule has 25 heavy (non-hydrogen) atoms. The van der Waals surface area contributed by atoms with Crippen LogP contribution in [0.2, 0.25) is 0 Å². The van der Waals surface area contributed by atoms with Gasteiger partial charge in [0.15, 0.2) is 0 Å². The van der Waals surface area contributed by atoms with Gasteiger partial charge < -0.3 is 15.5 Å². The van der Waals surface area contributed by atoms with E-state index in [0.29, 0.717) is 6.04 Å². The fourth-order valence-corrected chi connectivity index (χ4v) is 4.40. The zero-order valence-corrected chi connectivity index (χ0v) is 16.1. The molecule has 7 heteroatoms. The van der Waals surface area contributed by atoms with Gasteiger partial charge in [-0.25, -0.2) is 9.97 Å². The fraction of sp³-hybridized carbons (Fsp3) is 0.611. The third kappa shape index (κ3) is 4.27. The van der Waals surface area contributed by atoms with Gasteiger partial charge in [0.1, 0.15) is 17.0 Å². The Morgan fingerprint density at radius 3 is 2.80 bits per heavy atom. The minimum Gasteiger partial charge on any atom is -0.369 e. The molecule has 0 unspecified atom stereocenters. The van der Waals surface area contributed by atoms with E-state index in [9.17, 15) is 4.79 Å². The number of aryl methyl sites for hydroxylation is 1. The van der Waals surface area contributed by atoms with Crippen molar-refractivity contribution >= 4 is 33.3 Å². The molecule has 0 spiro atoms. The first-order valence-corrected chi connectivity index (χ1v) is 9.81. The average molecular weight is 362 g/mol. The Kier molecular flexibility index (Phi) is 5.86. The highest BCUT2D eigenvalue weighted by Gasteiger charge is 2.23. The van der Waals surface area contributed by atoms with Gasteiger partial charge in [0, 0.05) is 12.6 Å². The van der Waals surface area contributed by atoms with Gasteiger partial charge in [-0.15, -0.1) is 11.3 Å².